The van der Waals surface area contributed by atoms with Crippen LogP contribution in [-0.2, 0) is 22.4 Å². The second-order valence-electron chi connectivity index (χ2n) is 5.08. The maximum Gasteiger partial charge on any atom is 0.451 e. The summed E-state index contributed by atoms with van der Waals surface area (Å²) in [4.78, 5) is 19.8. The molecule has 2 amide bonds. The third-order valence-electron chi connectivity index (χ3n) is 2.94. The lowest BCUT2D eigenvalue weighted by molar-refractivity contribution is -0.145. The molecule has 0 saturated carbocycles. The molecule has 2 rings (SSSR count). The van der Waals surface area contributed by atoms with Gasteiger partial charge in [0.25, 0.3) is 10.0 Å². The quantitative estimate of drug-likeness (QED) is 0.726. The molecule has 0 bridgehead atoms. The van der Waals surface area contributed by atoms with Gasteiger partial charge in [-0.3, -0.25) is 5.32 Å². The number of nitrogens with zero attached hydrogens (tertiary/aromatic N) is 3. The number of urea groups is 1. The molecule has 0 saturated heterocycles. The normalized spacial score (nSPS) is 12.5. The number of nitrogens with one attached hydrogen (secondary N) is 2. The molecule has 1 aromatic carbocycles. The van der Waals surface area contributed by atoms with E-state index in [-0.39, 0.29) is 0 Å². The van der Waals surface area contributed by atoms with Gasteiger partial charge < -0.3 is 0 Å². The fourth-order valence-corrected chi connectivity index (χ4v) is 3.04. The number of alkyl halides is 6. The highest BCUT2D eigenvalue weighted by Crippen LogP contribution is 2.33. The molecule has 15 heteroatoms. The van der Waals surface area contributed by atoms with Gasteiger partial charge in [0.05, 0.1) is 10.5 Å². The Bertz CT molecular complexity index is 1010. The molecule has 0 aliphatic carbocycles. The van der Waals surface area contributed by atoms with Crippen LogP contribution in [0.25, 0.3) is 0 Å². The van der Waals surface area contributed by atoms with E-state index < -0.39 is 56.5 Å². The summed E-state index contributed by atoms with van der Waals surface area (Å²) in [7, 11) is -5.02. The standard InChI is InChI=1S/C13H9F6N5O3S/c1-6-20-9(13(17,18)19)22-10(21-6)23-11(25)24-28(26,27)8-5-3-2-4-7(8)12(14,15)16/h2-5H,1H3,(H2,20,21,22,23,24,25). The third-order valence-corrected chi connectivity index (χ3v) is 4.32. The molecule has 1 heterocycles. The Hall–Kier alpha value is -2.97. The molecule has 0 spiro atoms. The van der Waals surface area contributed by atoms with Gasteiger partial charge >= 0.3 is 18.4 Å². The van der Waals surface area contributed by atoms with Gasteiger partial charge in [0.2, 0.25) is 11.8 Å². The lowest BCUT2D eigenvalue weighted by Crippen LogP contribution is -2.36. The molecule has 152 valence electrons. The molecule has 1 aromatic heterocycles. The van der Waals surface area contributed by atoms with Crippen molar-refractivity contribution in [3.63, 3.8) is 0 Å². The second-order valence-corrected chi connectivity index (χ2v) is 6.73. The minimum absolute atomic E-state index is 0.442. The van der Waals surface area contributed by atoms with E-state index in [1.54, 1.807) is 5.32 Å². The smallest absolute Gasteiger partial charge is 0.275 e. The van der Waals surface area contributed by atoms with Crippen LogP contribution in [0.5, 0.6) is 0 Å². The first-order valence-corrected chi connectivity index (χ1v) is 8.48. The van der Waals surface area contributed by atoms with Crippen LogP contribution in [0, 0.1) is 6.92 Å². The Balaban J connectivity index is 2.28. The Labute approximate surface area is 153 Å². The zero-order valence-corrected chi connectivity index (χ0v) is 14.4. The van der Waals surface area contributed by atoms with Gasteiger partial charge in [-0.2, -0.15) is 36.3 Å². The van der Waals surface area contributed by atoms with Crippen LogP contribution in [0.15, 0.2) is 29.2 Å². The topological polar surface area (TPSA) is 114 Å². The summed E-state index contributed by atoms with van der Waals surface area (Å²) >= 11 is 0. The Morgan fingerprint density at radius 1 is 0.964 bits per heavy atom. The van der Waals surface area contributed by atoms with Crippen LogP contribution in [0.3, 0.4) is 0 Å². The van der Waals surface area contributed by atoms with Crippen molar-refractivity contribution in [2.75, 3.05) is 5.32 Å². The number of hydrogen-bond donors (Lipinski definition) is 2. The highest BCUT2D eigenvalue weighted by atomic mass is 32.2. The Morgan fingerprint density at radius 3 is 2.14 bits per heavy atom. The van der Waals surface area contributed by atoms with E-state index in [1.807, 2.05) is 0 Å². The van der Waals surface area contributed by atoms with Crippen LogP contribution in [0.4, 0.5) is 37.1 Å². The van der Waals surface area contributed by atoms with E-state index in [1.165, 1.54) is 4.72 Å². The molecular weight excluding hydrogens is 420 g/mol. The largest absolute Gasteiger partial charge is 0.451 e. The van der Waals surface area contributed by atoms with Gasteiger partial charge in [-0.1, -0.05) is 12.1 Å². The number of aryl methyl sites for hydroxylation is 1. The molecule has 2 aromatic rings. The van der Waals surface area contributed by atoms with Crippen molar-refractivity contribution in [2.24, 2.45) is 0 Å². The number of benzene rings is 1. The van der Waals surface area contributed by atoms with Crippen LogP contribution in [0.2, 0.25) is 0 Å². The predicted molar refractivity (Wildman–Crippen MR) is 80.4 cm³/mol. The zero-order chi connectivity index (χ0) is 21.3. The summed E-state index contributed by atoms with van der Waals surface area (Å²) in [6.45, 7) is 1.05. The summed E-state index contributed by atoms with van der Waals surface area (Å²) < 4.78 is 102. The first-order chi connectivity index (χ1) is 12.7. The maximum absolute atomic E-state index is 12.9. The summed E-state index contributed by atoms with van der Waals surface area (Å²) in [6, 6.07) is 1.35. The minimum atomic E-state index is -5.03. The SMILES string of the molecule is Cc1nc(NC(=O)NS(=O)(=O)c2ccccc2C(F)(F)F)nc(C(F)(F)F)n1. The molecule has 2 N–H and O–H groups in total. The molecule has 0 fully saturated rings. The second kappa shape index (κ2) is 7.21. The van der Waals surface area contributed by atoms with E-state index in [0.29, 0.717) is 12.1 Å². The van der Waals surface area contributed by atoms with Crippen molar-refractivity contribution in [1.82, 2.24) is 19.7 Å². The molecule has 28 heavy (non-hydrogen) atoms. The summed E-state index contributed by atoms with van der Waals surface area (Å²) in [5.41, 5.74) is -1.54. The van der Waals surface area contributed by atoms with E-state index in [4.69, 9.17) is 0 Å². The number of sulfonamides is 1. The number of carbonyl (C=O) groups excluding carboxylic acids is 1. The van der Waals surface area contributed by atoms with Gasteiger partial charge in [0.15, 0.2) is 0 Å². The van der Waals surface area contributed by atoms with E-state index in [0.717, 1.165) is 19.1 Å². The highest BCUT2D eigenvalue weighted by molar-refractivity contribution is 7.90. The van der Waals surface area contributed by atoms with E-state index in [2.05, 4.69) is 15.0 Å². The van der Waals surface area contributed by atoms with Crippen LogP contribution >= 0.6 is 0 Å². The molecule has 0 unspecified atom stereocenters. The van der Waals surface area contributed by atoms with Gasteiger partial charge in [-0.05, 0) is 19.1 Å². The first kappa shape index (κ1) is 21.3. The van der Waals surface area contributed by atoms with Crippen molar-refractivity contribution in [3.05, 3.63) is 41.5 Å². The highest BCUT2D eigenvalue weighted by Gasteiger charge is 2.38. The van der Waals surface area contributed by atoms with Crippen molar-refractivity contribution in [2.45, 2.75) is 24.2 Å². The van der Waals surface area contributed by atoms with Gasteiger partial charge in [0, 0.05) is 0 Å². The van der Waals surface area contributed by atoms with Crippen LogP contribution < -0.4 is 10.0 Å². The monoisotopic (exact) mass is 429 g/mol. The zero-order valence-electron chi connectivity index (χ0n) is 13.6. The average molecular weight is 429 g/mol. The maximum atomic E-state index is 12.9. The number of anilines is 1. The number of rotatable bonds is 3. The van der Waals surface area contributed by atoms with E-state index >= 15 is 0 Å². The summed E-state index contributed by atoms with van der Waals surface area (Å²) in [5.74, 6) is -3.04. The molecule has 0 aliphatic rings. The van der Waals surface area contributed by atoms with Gasteiger partial charge in [-0.25, -0.2) is 22.9 Å². The molecule has 8 nitrogen and oxygen atoms in total. The Kier molecular flexibility index (Phi) is 5.50. The van der Waals surface area contributed by atoms with Gasteiger partial charge in [0.1, 0.15) is 5.82 Å². The number of halogens is 6. The molecular formula is C13H9F6N5O3S. The van der Waals surface area contributed by atoms with Crippen molar-refractivity contribution < 1.29 is 39.6 Å². The lowest BCUT2D eigenvalue weighted by atomic mass is 10.2. The van der Waals surface area contributed by atoms with Gasteiger partial charge in [-0.15, -0.1) is 0 Å². The predicted octanol–water partition coefficient (Wildman–Crippen LogP) is 2.73. The average Bonchev–Trinajstić information content (AvgIpc) is 2.52. The first-order valence-electron chi connectivity index (χ1n) is 7.00. The number of hydrogen-bond acceptors (Lipinski definition) is 6. The van der Waals surface area contributed by atoms with E-state index in [9.17, 15) is 39.6 Å². The molecule has 0 radical (unpaired) electrons. The number of amides is 2. The minimum Gasteiger partial charge on any atom is -0.275 e. The Morgan fingerprint density at radius 2 is 1.57 bits per heavy atom. The third kappa shape index (κ3) is 5.05. The van der Waals surface area contributed by atoms with Crippen molar-refractivity contribution in [3.8, 4) is 0 Å². The summed E-state index contributed by atoms with van der Waals surface area (Å²) in [5, 5.41) is 1.61. The summed E-state index contributed by atoms with van der Waals surface area (Å²) in [6.07, 6.45) is -10.0. The molecule has 0 aliphatic heterocycles. The number of aromatic nitrogens is 3. The van der Waals surface area contributed by atoms with Crippen LogP contribution in [0.1, 0.15) is 17.2 Å². The fraction of sp³-hybridized carbons (Fsp3) is 0.231. The molecule has 0 atom stereocenters. The van der Waals surface area contributed by atoms with Crippen molar-refractivity contribution in [1.29, 1.82) is 0 Å². The fourth-order valence-electron chi connectivity index (χ4n) is 1.90. The van der Waals surface area contributed by atoms with Crippen LogP contribution in [-0.4, -0.2) is 29.4 Å². The van der Waals surface area contributed by atoms with Crippen molar-refractivity contribution >= 4 is 22.0 Å². The number of carbonyl (C=O) groups is 1. The lowest BCUT2D eigenvalue weighted by Gasteiger charge is -2.14.